The van der Waals surface area contributed by atoms with Gasteiger partial charge in [0.2, 0.25) is 17.6 Å². The molecule has 1 N–H and O–H groups in total. The number of nitrogens with one attached hydrogen (secondary N) is 1. The van der Waals surface area contributed by atoms with Gasteiger partial charge in [0.25, 0.3) is 0 Å². The molecule has 3 rings (SSSR count). The van der Waals surface area contributed by atoms with E-state index in [1.807, 2.05) is 49.4 Å². The largest absolute Gasteiger partial charge is 0.346 e. The Bertz CT molecular complexity index is 837. The van der Waals surface area contributed by atoms with Crippen molar-refractivity contribution in [1.82, 2.24) is 15.5 Å². The Hall–Kier alpha value is -2.31. The molecule has 0 aliphatic heterocycles. The van der Waals surface area contributed by atoms with Crippen molar-refractivity contribution in [1.29, 1.82) is 0 Å². The summed E-state index contributed by atoms with van der Waals surface area (Å²) in [4.78, 5) is 17.5. The van der Waals surface area contributed by atoms with Gasteiger partial charge in [0.1, 0.15) is 0 Å². The monoisotopic (exact) mass is 373 g/mol. The fourth-order valence-corrected chi connectivity index (χ4v) is 3.14. The van der Waals surface area contributed by atoms with E-state index >= 15 is 0 Å². The maximum atomic E-state index is 12.2. The topological polar surface area (TPSA) is 68.0 Å². The highest BCUT2D eigenvalue weighted by Crippen LogP contribution is 2.23. The number of carbonyl (C=O) groups excluding carboxylic acids is 1. The number of rotatable bonds is 6. The summed E-state index contributed by atoms with van der Waals surface area (Å²) in [6.07, 6.45) is 0. The Morgan fingerprint density at radius 1 is 1.20 bits per heavy atom. The highest BCUT2D eigenvalue weighted by molar-refractivity contribution is 8.00. The Labute approximate surface area is 154 Å². The molecule has 2 aromatic carbocycles. The Morgan fingerprint density at radius 3 is 2.64 bits per heavy atom. The molecule has 0 aliphatic rings. The van der Waals surface area contributed by atoms with Crippen molar-refractivity contribution in [2.75, 3.05) is 0 Å². The second kappa shape index (κ2) is 8.18. The molecule has 128 valence electrons. The molecule has 0 radical (unpaired) electrons. The quantitative estimate of drug-likeness (QED) is 0.656. The molecular formula is C18H16ClN3O2S. The standard InChI is InChI=1S/C18H16ClN3O2S/c1-12(25-15-5-3-2-4-6-15)18(23)20-11-16-21-17(22-24-16)13-7-9-14(19)10-8-13/h2-10,12H,11H2,1H3,(H,20,23)/t12-/m0/s1. The van der Waals surface area contributed by atoms with Crippen LogP contribution >= 0.6 is 23.4 Å². The van der Waals surface area contributed by atoms with Gasteiger partial charge in [0, 0.05) is 15.5 Å². The summed E-state index contributed by atoms with van der Waals surface area (Å²) in [7, 11) is 0. The van der Waals surface area contributed by atoms with Crippen LogP contribution in [0, 0.1) is 0 Å². The van der Waals surface area contributed by atoms with Crippen LogP contribution in [-0.4, -0.2) is 21.3 Å². The molecule has 0 spiro atoms. The second-order valence-corrected chi connectivity index (χ2v) is 7.16. The molecule has 1 aromatic heterocycles. The van der Waals surface area contributed by atoms with Gasteiger partial charge in [-0.05, 0) is 43.3 Å². The van der Waals surface area contributed by atoms with E-state index in [9.17, 15) is 4.79 Å². The maximum absolute atomic E-state index is 12.2. The summed E-state index contributed by atoms with van der Waals surface area (Å²) in [6.45, 7) is 2.05. The minimum Gasteiger partial charge on any atom is -0.346 e. The molecule has 3 aromatic rings. The molecule has 0 fully saturated rings. The Kier molecular flexibility index (Phi) is 5.73. The van der Waals surface area contributed by atoms with Gasteiger partial charge in [-0.3, -0.25) is 4.79 Å². The molecule has 0 saturated heterocycles. The average Bonchev–Trinajstić information content (AvgIpc) is 3.10. The summed E-state index contributed by atoms with van der Waals surface area (Å²) in [5, 5.41) is 7.16. The second-order valence-electron chi connectivity index (χ2n) is 5.31. The zero-order valence-corrected chi connectivity index (χ0v) is 15.1. The van der Waals surface area contributed by atoms with Crippen LogP contribution in [0.1, 0.15) is 12.8 Å². The minimum atomic E-state index is -0.221. The van der Waals surface area contributed by atoms with Gasteiger partial charge in [0.15, 0.2) is 0 Å². The molecule has 0 unspecified atom stereocenters. The minimum absolute atomic E-state index is 0.0832. The SMILES string of the molecule is C[C@H](Sc1ccccc1)C(=O)NCc1nc(-c2ccc(Cl)cc2)no1. The van der Waals surface area contributed by atoms with E-state index in [2.05, 4.69) is 15.5 Å². The van der Waals surface area contributed by atoms with E-state index in [1.165, 1.54) is 11.8 Å². The predicted molar refractivity (Wildman–Crippen MR) is 98.4 cm³/mol. The van der Waals surface area contributed by atoms with Gasteiger partial charge in [0.05, 0.1) is 11.8 Å². The van der Waals surface area contributed by atoms with Gasteiger partial charge in [-0.2, -0.15) is 4.98 Å². The van der Waals surface area contributed by atoms with E-state index in [0.29, 0.717) is 16.7 Å². The Balaban J connectivity index is 1.54. The first-order valence-corrected chi connectivity index (χ1v) is 8.95. The van der Waals surface area contributed by atoms with Crippen LogP contribution in [0.2, 0.25) is 5.02 Å². The summed E-state index contributed by atoms with van der Waals surface area (Å²) in [5.74, 6) is 0.739. The van der Waals surface area contributed by atoms with E-state index in [4.69, 9.17) is 16.1 Å². The molecule has 0 saturated carbocycles. The summed E-state index contributed by atoms with van der Waals surface area (Å²) >= 11 is 7.36. The number of amides is 1. The molecule has 5 nitrogen and oxygen atoms in total. The lowest BCUT2D eigenvalue weighted by atomic mass is 10.2. The van der Waals surface area contributed by atoms with Crippen LogP contribution in [0.5, 0.6) is 0 Å². The van der Waals surface area contributed by atoms with Crippen molar-refractivity contribution in [3.05, 3.63) is 65.5 Å². The fraction of sp³-hybridized carbons (Fsp3) is 0.167. The lowest BCUT2D eigenvalue weighted by Crippen LogP contribution is -2.30. The van der Waals surface area contributed by atoms with Crippen molar-refractivity contribution in [2.45, 2.75) is 23.6 Å². The van der Waals surface area contributed by atoms with Gasteiger partial charge >= 0.3 is 0 Å². The predicted octanol–water partition coefficient (Wildman–Crippen LogP) is 4.19. The summed E-state index contributed by atoms with van der Waals surface area (Å²) < 4.78 is 5.18. The Morgan fingerprint density at radius 2 is 1.92 bits per heavy atom. The van der Waals surface area contributed by atoms with Crippen LogP contribution in [0.25, 0.3) is 11.4 Å². The third-order valence-corrected chi connectivity index (χ3v) is 4.77. The molecule has 0 aliphatic carbocycles. The van der Waals surface area contributed by atoms with E-state index in [-0.39, 0.29) is 17.7 Å². The van der Waals surface area contributed by atoms with E-state index in [1.54, 1.807) is 12.1 Å². The third kappa shape index (κ3) is 4.84. The molecular weight excluding hydrogens is 358 g/mol. The summed E-state index contributed by atoms with van der Waals surface area (Å²) in [5.41, 5.74) is 0.804. The maximum Gasteiger partial charge on any atom is 0.246 e. The van der Waals surface area contributed by atoms with Crippen molar-refractivity contribution in [3.63, 3.8) is 0 Å². The first-order chi connectivity index (χ1) is 12.1. The van der Waals surface area contributed by atoms with Crippen molar-refractivity contribution in [3.8, 4) is 11.4 Å². The number of hydrogen-bond donors (Lipinski definition) is 1. The lowest BCUT2D eigenvalue weighted by Gasteiger charge is -2.10. The molecule has 1 atom stereocenters. The number of hydrogen-bond acceptors (Lipinski definition) is 5. The van der Waals surface area contributed by atoms with Crippen LogP contribution in [0.4, 0.5) is 0 Å². The first kappa shape index (κ1) is 17.5. The molecule has 1 amide bonds. The third-order valence-electron chi connectivity index (χ3n) is 3.41. The smallest absolute Gasteiger partial charge is 0.246 e. The molecule has 25 heavy (non-hydrogen) atoms. The van der Waals surface area contributed by atoms with Crippen LogP contribution in [0.3, 0.4) is 0 Å². The van der Waals surface area contributed by atoms with Gasteiger partial charge in [-0.25, -0.2) is 0 Å². The highest BCUT2D eigenvalue weighted by atomic mass is 35.5. The summed E-state index contributed by atoms with van der Waals surface area (Å²) in [6, 6.07) is 16.9. The van der Waals surface area contributed by atoms with Gasteiger partial charge in [-0.15, -0.1) is 11.8 Å². The molecule has 1 heterocycles. The highest BCUT2D eigenvalue weighted by Gasteiger charge is 2.16. The van der Waals surface area contributed by atoms with Gasteiger partial charge in [-0.1, -0.05) is 35.0 Å². The number of halogens is 1. The van der Waals surface area contributed by atoms with E-state index in [0.717, 1.165) is 10.5 Å². The number of aromatic nitrogens is 2. The van der Waals surface area contributed by atoms with E-state index < -0.39 is 0 Å². The van der Waals surface area contributed by atoms with Crippen molar-refractivity contribution >= 4 is 29.3 Å². The number of thioether (sulfide) groups is 1. The first-order valence-electron chi connectivity index (χ1n) is 7.70. The molecule has 0 bridgehead atoms. The molecule has 7 heteroatoms. The zero-order valence-electron chi connectivity index (χ0n) is 13.5. The fourth-order valence-electron chi connectivity index (χ4n) is 2.11. The zero-order chi connectivity index (χ0) is 17.6. The number of nitrogens with zero attached hydrogens (tertiary/aromatic N) is 2. The normalized spacial score (nSPS) is 11.9. The lowest BCUT2D eigenvalue weighted by molar-refractivity contribution is -0.120. The van der Waals surface area contributed by atoms with Crippen LogP contribution < -0.4 is 5.32 Å². The number of benzene rings is 2. The van der Waals surface area contributed by atoms with Crippen LogP contribution in [-0.2, 0) is 11.3 Å². The van der Waals surface area contributed by atoms with Crippen molar-refractivity contribution < 1.29 is 9.32 Å². The van der Waals surface area contributed by atoms with Crippen LogP contribution in [0.15, 0.2) is 64.0 Å². The number of carbonyl (C=O) groups is 1. The average molecular weight is 374 g/mol. The van der Waals surface area contributed by atoms with Gasteiger partial charge < -0.3 is 9.84 Å². The van der Waals surface area contributed by atoms with Crippen molar-refractivity contribution in [2.24, 2.45) is 0 Å².